The molecule has 8 heteroatoms. The van der Waals surface area contributed by atoms with E-state index in [4.69, 9.17) is 4.74 Å². The van der Waals surface area contributed by atoms with Crippen molar-refractivity contribution in [3.8, 4) is 17.2 Å². The Kier molecular flexibility index (Phi) is 6.05. The molecule has 4 rings (SSSR count). The number of thioether (sulfide) groups is 1. The van der Waals surface area contributed by atoms with Crippen molar-refractivity contribution >= 4 is 23.4 Å². The van der Waals surface area contributed by atoms with Crippen LogP contribution in [0.4, 0.5) is 5.69 Å². The molecule has 0 bridgehead atoms. The van der Waals surface area contributed by atoms with Crippen LogP contribution in [0.15, 0.2) is 84.0 Å². The van der Waals surface area contributed by atoms with Crippen molar-refractivity contribution in [1.29, 1.82) is 0 Å². The number of carbonyl (C=O) groups is 1. The normalized spacial score (nSPS) is 10.6. The van der Waals surface area contributed by atoms with Gasteiger partial charge in [-0.05, 0) is 59.3 Å². The highest BCUT2D eigenvalue weighted by Gasteiger charge is 2.12. The third-order valence-electron chi connectivity index (χ3n) is 4.12. The quantitative estimate of drug-likeness (QED) is 0.446. The number of nitrogens with one attached hydrogen (secondary N) is 1. The van der Waals surface area contributed by atoms with Gasteiger partial charge in [0.15, 0.2) is 0 Å². The summed E-state index contributed by atoms with van der Waals surface area (Å²) in [5, 5.41) is 15.2. The highest BCUT2D eigenvalue weighted by atomic mass is 32.2. The SMILES string of the molecule is Cc1cccc(-n2nnnc2SCC(=O)Nc2cccc(Oc3ccccc3)c2)c1. The Morgan fingerprint density at radius 2 is 1.80 bits per heavy atom. The second-order valence-corrected chi connectivity index (χ2v) is 7.43. The standard InChI is InChI=1S/C22H19N5O2S/c1-16-7-5-9-18(13-16)27-22(24-25-26-27)30-15-21(28)23-17-8-6-12-20(14-17)29-19-10-3-2-4-11-19/h2-14H,15H2,1H3,(H,23,28). The summed E-state index contributed by atoms with van der Waals surface area (Å²) in [4.78, 5) is 12.4. The molecule has 4 aromatic rings. The van der Waals surface area contributed by atoms with E-state index in [0.717, 1.165) is 17.0 Å². The number of hydrogen-bond donors (Lipinski definition) is 1. The Bertz CT molecular complexity index is 1150. The molecule has 0 aliphatic rings. The average Bonchev–Trinajstić information content (AvgIpc) is 3.22. The number of carbonyl (C=O) groups excluding carboxylic acids is 1. The molecule has 0 spiro atoms. The van der Waals surface area contributed by atoms with Crippen molar-refractivity contribution < 1.29 is 9.53 Å². The maximum absolute atomic E-state index is 12.4. The molecule has 0 aliphatic carbocycles. The number of aromatic nitrogens is 4. The Morgan fingerprint density at radius 1 is 1.00 bits per heavy atom. The van der Waals surface area contributed by atoms with Crippen LogP contribution in [-0.2, 0) is 4.79 Å². The molecule has 0 saturated heterocycles. The first-order chi connectivity index (χ1) is 14.7. The zero-order valence-electron chi connectivity index (χ0n) is 16.2. The zero-order chi connectivity index (χ0) is 20.8. The molecule has 30 heavy (non-hydrogen) atoms. The first-order valence-corrected chi connectivity index (χ1v) is 10.3. The summed E-state index contributed by atoms with van der Waals surface area (Å²) in [6.45, 7) is 2.00. The van der Waals surface area contributed by atoms with E-state index in [1.807, 2.05) is 79.7 Å². The smallest absolute Gasteiger partial charge is 0.234 e. The summed E-state index contributed by atoms with van der Waals surface area (Å²) in [5.41, 5.74) is 2.62. The molecule has 3 aromatic carbocycles. The van der Waals surface area contributed by atoms with Gasteiger partial charge in [-0.15, -0.1) is 5.10 Å². The van der Waals surface area contributed by atoms with E-state index in [1.165, 1.54) is 11.8 Å². The van der Waals surface area contributed by atoms with Gasteiger partial charge in [-0.2, -0.15) is 4.68 Å². The lowest BCUT2D eigenvalue weighted by molar-refractivity contribution is -0.113. The van der Waals surface area contributed by atoms with Crippen molar-refractivity contribution in [2.75, 3.05) is 11.1 Å². The van der Waals surface area contributed by atoms with Crippen LogP contribution in [0.5, 0.6) is 11.5 Å². The van der Waals surface area contributed by atoms with E-state index in [2.05, 4.69) is 20.8 Å². The van der Waals surface area contributed by atoms with Crippen LogP contribution in [0, 0.1) is 6.92 Å². The van der Waals surface area contributed by atoms with Crippen LogP contribution in [-0.4, -0.2) is 31.9 Å². The molecule has 1 N–H and O–H groups in total. The molecular formula is C22H19N5O2S. The minimum absolute atomic E-state index is 0.157. The molecule has 1 amide bonds. The fourth-order valence-electron chi connectivity index (χ4n) is 2.78. The molecule has 0 aliphatic heterocycles. The fourth-order valence-corrected chi connectivity index (χ4v) is 3.47. The van der Waals surface area contributed by atoms with E-state index in [9.17, 15) is 4.79 Å². The summed E-state index contributed by atoms with van der Waals surface area (Å²) in [7, 11) is 0. The Morgan fingerprint density at radius 3 is 2.63 bits per heavy atom. The van der Waals surface area contributed by atoms with Crippen molar-refractivity contribution in [2.45, 2.75) is 12.1 Å². The third-order valence-corrected chi connectivity index (χ3v) is 5.04. The van der Waals surface area contributed by atoms with Crippen LogP contribution in [0.2, 0.25) is 0 Å². The average molecular weight is 417 g/mol. The molecule has 7 nitrogen and oxygen atoms in total. The van der Waals surface area contributed by atoms with Gasteiger partial charge in [0, 0.05) is 11.8 Å². The molecule has 0 radical (unpaired) electrons. The lowest BCUT2D eigenvalue weighted by Crippen LogP contribution is -2.14. The molecule has 0 saturated carbocycles. The number of ether oxygens (including phenoxy) is 1. The zero-order valence-corrected chi connectivity index (χ0v) is 17.0. The van der Waals surface area contributed by atoms with Crippen LogP contribution < -0.4 is 10.1 Å². The number of rotatable bonds is 7. The topological polar surface area (TPSA) is 81.9 Å². The second kappa shape index (κ2) is 9.23. The van der Waals surface area contributed by atoms with E-state index in [0.29, 0.717) is 16.6 Å². The second-order valence-electron chi connectivity index (χ2n) is 6.49. The molecule has 150 valence electrons. The van der Waals surface area contributed by atoms with E-state index in [-0.39, 0.29) is 11.7 Å². The van der Waals surface area contributed by atoms with Gasteiger partial charge >= 0.3 is 0 Å². The van der Waals surface area contributed by atoms with Crippen molar-refractivity contribution in [3.63, 3.8) is 0 Å². The van der Waals surface area contributed by atoms with Gasteiger partial charge < -0.3 is 10.1 Å². The molecular weight excluding hydrogens is 398 g/mol. The molecule has 1 aromatic heterocycles. The molecule has 1 heterocycles. The van der Waals surface area contributed by atoms with Crippen molar-refractivity contribution in [3.05, 3.63) is 84.4 Å². The highest BCUT2D eigenvalue weighted by Crippen LogP contribution is 2.24. The Labute approximate surface area is 178 Å². The minimum atomic E-state index is -0.157. The summed E-state index contributed by atoms with van der Waals surface area (Å²) >= 11 is 1.27. The van der Waals surface area contributed by atoms with E-state index in [1.54, 1.807) is 10.7 Å². The maximum atomic E-state index is 12.4. The van der Waals surface area contributed by atoms with Crippen LogP contribution in [0.3, 0.4) is 0 Å². The van der Waals surface area contributed by atoms with Gasteiger partial charge in [-0.3, -0.25) is 4.79 Å². The number of hydrogen-bond acceptors (Lipinski definition) is 6. The lowest BCUT2D eigenvalue weighted by Gasteiger charge is -2.09. The molecule has 0 fully saturated rings. The van der Waals surface area contributed by atoms with Gasteiger partial charge in [0.2, 0.25) is 11.1 Å². The predicted molar refractivity (Wildman–Crippen MR) is 116 cm³/mol. The van der Waals surface area contributed by atoms with Gasteiger partial charge in [-0.25, -0.2) is 0 Å². The number of benzene rings is 3. The molecule has 0 atom stereocenters. The van der Waals surface area contributed by atoms with Crippen LogP contribution in [0.25, 0.3) is 5.69 Å². The maximum Gasteiger partial charge on any atom is 0.234 e. The first-order valence-electron chi connectivity index (χ1n) is 9.28. The van der Waals surface area contributed by atoms with Gasteiger partial charge in [0.05, 0.1) is 11.4 Å². The summed E-state index contributed by atoms with van der Waals surface area (Å²) in [6, 6.07) is 24.6. The van der Waals surface area contributed by atoms with Gasteiger partial charge in [0.1, 0.15) is 11.5 Å². The van der Waals surface area contributed by atoms with Crippen LogP contribution >= 0.6 is 11.8 Å². The Balaban J connectivity index is 1.37. The largest absolute Gasteiger partial charge is 0.457 e. The van der Waals surface area contributed by atoms with Gasteiger partial charge in [0.25, 0.3) is 0 Å². The Hall–Kier alpha value is -3.65. The first kappa shape index (κ1) is 19.7. The fraction of sp³-hybridized carbons (Fsp3) is 0.0909. The third kappa shape index (κ3) is 5.03. The van der Waals surface area contributed by atoms with Crippen molar-refractivity contribution in [2.24, 2.45) is 0 Å². The predicted octanol–water partition coefficient (Wildman–Crippen LogP) is 4.49. The number of tetrazole rings is 1. The summed E-state index contributed by atoms with van der Waals surface area (Å²) in [6.07, 6.45) is 0. The highest BCUT2D eigenvalue weighted by molar-refractivity contribution is 7.99. The van der Waals surface area contributed by atoms with E-state index >= 15 is 0 Å². The van der Waals surface area contributed by atoms with Gasteiger partial charge in [-0.1, -0.05) is 48.2 Å². The number of anilines is 1. The number of aryl methyl sites for hydroxylation is 1. The van der Waals surface area contributed by atoms with E-state index < -0.39 is 0 Å². The van der Waals surface area contributed by atoms with Crippen molar-refractivity contribution in [1.82, 2.24) is 20.2 Å². The number of amides is 1. The van der Waals surface area contributed by atoms with Crippen LogP contribution in [0.1, 0.15) is 5.56 Å². The lowest BCUT2D eigenvalue weighted by atomic mass is 10.2. The monoisotopic (exact) mass is 417 g/mol. The minimum Gasteiger partial charge on any atom is -0.457 e. The number of nitrogens with zero attached hydrogens (tertiary/aromatic N) is 4. The number of para-hydroxylation sites is 1. The molecule has 0 unspecified atom stereocenters. The summed E-state index contributed by atoms with van der Waals surface area (Å²) in [5.74, 6) is 1.40. The summed E-state index contributed by atoms with van der Waals surface area (Å²) < 4.78 is 7.43.